The number of ether oxygens (including phenoxy) is 1. The molecule has 4 unspecified atom stereocenters. The van der Waals surface area contributed by atoms with Gasteiger partial charge in [-0.15, -0.1) is 0 Å². The summed E-state index contributed by atoms with van der Waals surface area (Å²) in [5, 5.41) is 3.66. The van der Waals surface area contributed by atoms with Gasteiger partial charge in [-0.3, -0.25) is 10.1 Å². The second kappa shape index (κ2) is 6.66. The Balaban J connectivity index is 1.70. The molecule has 0 bridgehead atoms. The maximum atomic E-state index is 12.8. The summed E-state index contributed by atoms with van der Waals surface area (Å²) in [6.45, 7) is 6.05. The first-order valence-electron chi connectivity index (χ1n) is 8.88. The standard InChI is InChI=1S/C17H30N2O2/c1-3-6-15-17(20)19(11-14-9-10-21-12(14)2)16(18-15)13-7-4-5-8-13/h12-16,18H,3-11H2,1-2H3. The number of hydrogen-bond acceptors (Lipinski definition) is 3. The van der Waals surface area contributed by atoms with Crippen LogP contribution in [0.1, 0.15) is 58.8 Å². The van der Waals surface area contributed by atoms with Gasteiger partial charge in [0.2, 0.25) is 5.91 Å². The van der Waals surface area contributed by atoms with Crippen LogP contribution in [0.2, 0.25) is 0 Å². The average molecular weight is 294 g/mol. The fraction of sp³-hybridized carbons (Fsp3) is 0.941. The number of carbonyl (C=O) groups is 1. The van der Waals surface area contributed by atoms with E-state index in [0.29, 0.717) is 23.8 Å². The van der Waals surface area contributed by atoms with Gasteiger partial charge in [0.05, 0.1) is 18.3 Å². The number of hydrogen-bond donors (Lipinski definition) is 1. The third-order valence-corrected chi connectivity index (χ3v) is 5.68. The molecule has 0 aromatic carbocycles. The van der Waals surface area contributed by atoms with Gasteiger partial charge in [-0.1, -0.05) is 26.2 Å². The molecule has 0 radical (unpaired) electrons. The molecule has 0 aromatic heterocycles. The van der Waals surface area contributed by atoms with E-state index in [-0.39, 0.29) is 12.2 Å². The molecule has 1 amide bonds. The van der Waals surface area contributed by atoms with E-state index in [9.17, 15) is 4.79 Å². The maximum Gasteiger partial charge on any atom is 0.241 e. The molecule has 2 saturated heterocycles. The van der Waals surface area contributed by atoms with E-state index in [2.05, 4.69) is 24.1 Å². The third kappa shape index (κ3) is 3.11. The normalized spacial score (nSPS) is 37.8. The van der Waals surface area contributed by atoms with Crippen molar-refractivity contribution in [1.29, 1.82) is 0 Å². The molecule has 2 heterocycles. The predicted molar refractivity (Wildman–Crippen MR) is 82.8 cm³/mol. The number of rotatable bonds is 5. The van der Waals surface area contributed by atoms with Crippen LogP contribution in [0.5, 0.6) is 0 Å². The smallest absolute Gasteiger partial charge is 0.241 e. The summed E-state index contributed by atoms with van der Waals surface area (Å²) < 4.78 is 5.69. The van der Waals surface area contributed by atoms with Crippen molar-refractivity contribution in [3.63, 3.8) is 0 Å². The first-order chi connectivity index (χ1) is 10.2. The van der Waals surface area contributed by atoms with Crippen LogP contribution in [-0.4, -0.2) is 42.3 Å². The topological polar surface area (TPSA) is 41.6 Å². The largest absolute Gasteiger partial charge is 0.378 e. The Labute approximate surface area is 128 Å². The van der Waals surface area contributed by atoms with Crippen LogP contribution < -0.4 is 5.32 Å². The Morgan fingerprint density at radius 1 is 1.29 bits per heavy atom. The lowest BCUT2D eigenvalue weighted by Gasteiger charge is -2.31. The zero-order chi connectivity index (χ0) is 14.8. The van der Waals surface area contributed by atoms with Crippen molar-refractivity contribution in [1.82, 2.24) is 10.2 Å². The van der Waals surface area contributed by atoms with Crippen LogP contribution in [0.3, 0.4) is 0 Å². The van der Waals surface area contributed by atoms with E-state index in [4.69, 9.17) is 4.74 Å². The summed E-state index contributed by atoms with van der Waals surface area (Å²) in [6.07, 6.45) is 8.91. The Kier molecular flexibility index (Phi) is 4.85. The molecule has 3 fully saturated rings. The van der Waals surface area contributed by atoms with E-state index >= 15 is 0 Å². The van der Waals surface area contributed by atoms with Crippen LogP contribution in [0.25, 0.3) is 0 Å². The summed E-state index contributed by atoms with van der Waals surface area (Å²) in [4.78, 5) is 15.0. The highest BCUT2D eigenvalue weighted by Crippen LogP contribution is 2.34. The molecule has 4 atom stereocenters. The van der Waals surface area contributed by atoms with Crippen LogP contribution in [0.4, 0.5) is 0 Å². The van der Waals surface area contributed by atoms with Crippen molar-refractivity contribution in [2.24, 2.45) is 11.8 Å². The fourth-order valence-electron chi connectivity index (χ4n) is 4.34. The summed E-state index contributed by atoms with van der Waals surface area (Å²) in [7, 11) is 0. The summed E-state index contributed by atoms with van der Waals surface area (Å²) in [5.41, 5.74) is 0. The molecule has 120 valence electrons. The molecule has 4 heteroatoms. The first-order valence-corrected chi connectivity index (χ1v) is 8.88. The molecule has 21 heavy (non-hydrogen) atoms. The molecular formula is C17H30N2O2. The van der Waals surface area contributed by atoms with Gasteiger partial charge in [0.1, 0.15) is 0 Å². The summed E-state index contributed by atoms with van der Waals surface area (Å²) in [6, 6.07) is 0.0539. The summed E-state index contributed by atoms with van der Waals surface area (Å²) in [5.74, 6) is 1.52. The highest BCUT2D eigenvalue weighted by atomic mass is 16.5. The second-order valence-corrected chi connectivity index (χ2v) is 7.11. The van der Waals surface area contributed by atoms with E-state index < -0.39 is 0 Å². The van der Waals surface area contributed by atoms with Gasteiger partial charge in [-0.2, -0.15) is 0 Å². The van der Waals surface area contributed by atoms with Crippen molar-refractivity contribution in [3.8, 4) is 0 Å². The minimum atomic E-state index is 0.0539. The van der Waals surface area contributed by atoms with Gasteiger partial charge in [0.15, 0.2) is 0 Å². The lowest BCUT2D eigenvalue weighted by molar-refractivity contribution is -0.131. The van der Waals surface area contributed by atoms with Crippen LogP contribution >= 0.6 is 0 Å². The van der Waals surface area contributed by atoms with E-state index in [1.54, 1.807) is 0 Å². The molecule has 3 aliphatic rings. The van der Waals surface area contributed by atoms with E-state index in [1.165, 1.54) is 25.7 Å². The molecule has 2 aliphatic heterocycles. The molecule has 0 aromatic rings. The zero-order valence-corrected chi connectivity index (χ0v) is 13.5. The number of nitrogens with one attached hydrogen (secondary N) is 1. The molecule has 4 nitrogen and oxygen atoms in total. The predicted octanol–water partition coefficient (Wildman–Crippen LogP) is 2.53. The molecule has 1 aliphatic carbocycles. The van der Waals surface area contributed by atoms with E-state index in [1.807, 2.05) is 0 Å². The van der Waals surface area contributed by atoms with Gasteiger partial charge >= 0.3 is 0 Å². The fourth-order valence-corrected chi connectivity index (χ4v) is 4.34. The lowest BCUT2D eigenvalue weighted by Crippen LogP contribution is -2.45. The molecule has 1 N–H and O–H groups in total. The van der Waals surface area contributed by atoms with Gasteiger partial charge in [-0.25, -0.2) is 0 Å². The van der Waals surface area contributed by atoms with Crippen LogP contribution in [-0.2, 0) is 9.53 Å². The first kappa shape index (κ1) is 15.3. The molecular weight excluding hydrogens is 264 g/mol. The molecule has 0 spiro atoms. The Morgan fingerprint density at radius 3 is 2.67 bits per heavy atom. The van der Waals surface area contributed by atoms with Crippen molar-refractivity contribution in [2.45, 2.75) is 77.1 Å². The van der Waals surface area contributed by atoms with Crippen molar-refractivity contribution < 1.29 is 9.53 Å². The third-order valence-electron chi connectivity index (χ3n) is 5.68. The Morgan fingerprint density at radius 2 is 2.05 bits per heavy atom. The van der Waals surface area contributed by atoms with Gasteiger partial charge in [-0.05, 0) is 38.5 Å². The zero-order valence-electron chi connectivity index (χ0n) is 13.5. The number of amides is 1. The van der Waals surface area contributed by atoms with Crippen LogP contribution in [0.15, 0.2) is 0 Å². The number of carbonyl (C=O) groups excluding carboxylic acids is 1. The number of nitrogens with zero attached hydrogens (tertiary/aromatic N) is 1. The van der Waals surface area contributed by atoms with E-state index in [0.717, 1.165) is 32.4 Å². The van der Waals surface area contributed by atoms with Crippen molar-refractivity contribution in [2.75, 3.05) is 13.2 Å². The maximum absolute atomic E-state index is 12.8. The molecule has 3 rings (SSSR count). The highest BCUT2D eigenvalue weighted by molar-refractivity contribution is 5.84. The minimum absolute atomic E-state index is 0.0539. The van der Waals surface area contributed by atoms with Crippen molar-refractivity contribution >= 4 is 5.91 Å². The van der Waals surface area contributed by atoms with Gasteiger partial charge in [0.25, 0.3) is 0 Å². The quantitative estimate of drug-likeness (QED) is 0.847. The average Bonchev–Trinajstić information content (AvgIpc) is 3.17. The SMILES string of the molecule is CCCC1NC(C2CCCC2)N(CC2CCOC2C)C1=O. The Bertz CT molecular complexity index is 368. The summed E-state index contributed by atoms with van der Waals surface area (Å²) >= 11 is 0. The van der Waals surface area contributed by atoms with Crippen LogP contribution in [0, 0.1) is 11.8 Å². The molecule has 1 saturated carbocycles. The van der Waals surface area contributed by atoms with Gasteiger partial charge < -0.3 is 9.64 Å². The lowest BCUT2D eigenvalue weighted by atomic mass is 9.99. The Hall–Kier alpha value is -0.610. The monoisotopic (exact) mass is 294 g/mol. The highest BCUT2D eigenvalue weighted by Gasteiger charge is 2.44. The van der Waals surface area contributed by atoms with Crippen molar-refractivity contribution in [3.05, 3.63) is 0 Å². The second-order valence-electron chi connectivity index (χ2n) is 7.11. The van der Waals surface area contributed by atoms with Gasteiger partial charge in [0, 0.05) is 19.1 Å². The minimum Gasteiger partial charge on any atom is -0.378 e.